The Hall–Kier alpha value is -1.76. The molecule has 7 heteroatoms. The quantitative estimate of drug-likeness (QED) is 0.753. The van der Waals surface area contributed by atoms with Crippen molar-refractivity contribution in [2.75, 3.05) is 5.75 Å². The van der Waals surface area contributed by atoms with Crippen LogP contribution in [-0.4, -0.2) is 28.0 Å². The molecular formula is C12H14N2O4S. The Balaban J connectivity index is 1.79. The summed E-state index contributed by atoms with van der Waals surface area (Å²) < 4.78 is 15.0. The number of nitrogens with zero attached hydrogens (tertiary/aromatic N) is 2. The molecule has 0 aliphatic rings. The third-order valence-electron chi connectivity index (χ3n) is 2.05. The lowest BCUT2D eigenvalue weighted by molar-refractivity contribution is -0.144. The van der Waals surface area contributed by atoms with Gasteiger partial charge in [0.25, 0.3) is 5.89 Å². The van der Waals surface area contributed by atoms with E-state index in [4.69, 9.17) is 13.7 Å². The maximum Gasteiger partial charge on any atom is 0.316 e. The number of furan rings is 1. The normalized spacial score (nSPS) is 10.9. The maximum atomic E-state index is 11.3. The van der Waals surface area contributed by atoms with Gasteiger partial charge in [-0.15, -0.1) is 11.8 Å². The number of carbonyl (C=O) groups is 1. The summed E-state index contributed by atoms with van der Waals surface area (Å²) in [7, 11) is 0. The molecule has 2 aromatic rings. The predicted molar refractivity (Wildman–Crippen MR) is 69.4 cm³/mol. The van der Waals surface area contributed by atoms with Gasteiger partial charge in [0.1, 0.15) is 6.26 Å². The summed E-state index contributed by atoms with van der Waals surface area (Å²) in [6, 6.07) is 1.74. The Labute approximate surface area is 114 Å². The fourth-order valence-corrected chi connectivity index (χ4v) is 1.98. The molecule has 0 radical (unpaired) electrons. The number of carbonyl (C=O) groups excluding carboxylic acids is 1. The van der Waals surface area contributed by atoms with Crippen molar-refractivity contribution in [1.82, 2.24) is 10.1 Å². The highest BCUT2D eigenvalue weighted by atomic mass is 32.2. The average molecular weight is 282 g/mol. The van der Waals surface area contributed by atoms with Crippen LogP contribution >= 0.6 is 11.8 Å². The van der Waals surface area contributed by atoms with Gasteiger partial charge in [-0.3, -0.25) is 4.79 Å². The van der Waals surface area contributed by atoms with Crippen LogP contribution < -0.4 is 0 Å². The molecular weight excluding hydrogens is 268 g/mol. The Morgan fingerprint density at radius 3 is 3.05 bits per heavy atom. The summed E-state index contributed by atoms with van der Waals surface area (Å²) in [4.78, 5) is 15.5. The number of hydrogen-bond acceptors (Lipinski definition) is 7. The number of rotatable bonds is 6. The van der Waals surface area contributed by atoms with Crippen LogP contribution in [0, 0.1) is 0 Å². The molecule has 0 fully saturated rings. The van der Waals surface area contributed by atoms with Gasteiger partial charge in [-0.05, 0) is 19.9 Å². The Kier molecular flexibility index (Phi) is 4.62. The lowest BCUT2D eigenvalue weighted by atomic mass is 10.3. The zero-order chi connectivity index (χ0) is 13.7. The second kappa shape index (κ2) is 6.42. The minimum atomic E-state index is -0.237. The minimum Gasteiger partial charge on any atom is -0.472 e. The zero-order valence-corrected chi connectivity index (χ0v) is 11.5. The molecule has 0 aromatic carbocycles. The number of thioether (sulfide) groups is 1. The van der Waals surface area contributed by atoms with E-state index in [1.54, 1.807) is 6.07 Å². The van der Waals surface area contributed by atoms with Crippen LogP contribution in [0.3, 0.4) is 0 Å². The molecule has 0 spiro atoms. The number of hydrogen-bond donors (Lipinski definition) is 0. The molecule has 2 aromatic heterocycles. The largest absolute Gasteiger partial charge is 0.472 e. The summed E-state index contributed by atoms with van der Waals surface area (Å²) in [5.41, 5.74) is 0.739. The highest BCUT2D eigenvalue weighted by Gasteiger charge is 2.11. The molecule has 2 rings (SSSR count). The van der Waals surface area contributed by atoms with Gasteiger partial charge in [-0.1, -0.05) is 5.16 Å². The standard InChI is InChI=1S/C12H14N2O4S/c1-8(2)17-11(15)7-19-6-10-13-12(18-14-10)9-3-4-16-5-9/h3-5,8H,6-7H2,1-2H3. The second-order valence-electron chi connectivity index (χ2n) is 4.06. The van der Waals surface area contributed by atoms with Crippen LogP contribution in [0.2, 0.25) is 0 Å². The first-order valence-corrected chi connectivity index (χ1v) is 6.93. The van der Waals surface area contributed by atoms with Crippen molar-refractivity contribution >= 4 is 17.7 Å². The summed E-state index contributed by atoms with van der Waals surface area (Å²) in [5, 5.41) is 3.83. The Bertz CT molecular complexity index is 522. The van der Waals surface area contributed by atoms with E-state index in [9.17, 15) is 4.79 Å². The Morgan fingerprint density at radius 1 is 1.53 bits per heavy atom. The molecule has 0 saturated heterocycles. The molecule has 0 atom stereocenters. The van der Waals surface area contributed by atoms with Gasteiger partial charge >= 0.3 is 5.97 Å². The fourth-order valence-electron chi connectivity index (χ4n) is 1.34. The number of ether oxygens (including phenoxy) is 1. The average Bonchev–Trinajstić information content (AvgIpc) is 2.97. The summed E-state index contributed by atoms with van der Waals surface area (Å²) in [6.45, 7) is 3.64. The van der Waals surface area contributed by atoms with Crippen LogP contribution in [-0.2, 0) is 15.3 Å². The van der Waals surface area contributed by atoms with E-state index in [2.05, 4.69) is 10.1 Å². The lowest BCUT2D eigenvalue weighted by Crippen LogP contribution is -2.13. The molecule has 19 heavy (non-hydrogen) atoms. The molecule has 0 unspecified atom stereocenters. The molecule has 102 valence electrons. The van der Waals surface area contributed by atoms with E-state index >= 15 is 0 Å². The third-order valence-corrected chi connectivity index (χ3v) is 2.96. The molecule has 0 N–H and O–H groups in total. The fraction of sp³-hybridized carbons (Fsp3) is 0.417. The molecule has 6 nitrogen and oxygen atoms in total. The van der Waals surface area contributed by atoms with Crippen molar-refractivity contribution in [3.8, 4) is 11.5 Å². The monoisotopic (exact) mass is 282 g/mol. The van der Waals surface area contributed by atoms with Gasteiger partial charge in [-0.25, -0.2) is 0 Å². The minimum absolute atomic E-state index is 0.0917. The van der Waals surface area contributed by atoms with Gasteiger partial charge in [0, 0.05) is 0 Å². The molecule has 0 aliphatic carbocycles. The van der Waals surface area contributed by atoms with Crippen molar-refractivity contribution in [2.24, 2.45) is 0 Å². The first kappa shape index (κ1) is 13.7. The third kappa shape index (κ3) is 4.13. The molecule has 0 aliphatic heterocycles. The summed E-state index contributed by atoms with van der Waals surface area (Å²) in [5.74, 6) is 1.48. The van der Waals surface area contributed by atoms with E-state index in [0.29, 0.717) is 17.5 Å². The predicted octanol–water partition coefficient (Wildman–Crippen LogP) is 2.51. The van der Waals surface area contributed by atoms with Crippen molar-refractivity contribution in [2.45, 2.75) is 25.7 Å². The van der Waals surface area contributed by atoms with Crippen molar-refractivity contribution in [3.05, 3.63) is 24.4 Å². The van der Waals surface area contributed by atoms with Crippen molar-refractivity contribution < 1.29 is 18.5 Å². The first-order chi connectivity index (χ1) is 9.15. The smallest absolute Gasteiger partial charge is 0.316 e. The topological polar surface area (TPSA) is 78.4 Å². The van der Waals surface area contributed by atoms with Crippen molar-refractivity contribution in [1.29, 1.82) is 0 Å². The maximum absolute atomic E-state index is 11.3. The van der Waals surface area contributed by atoms with E-state index in [1.165, 1.54) is 24.3 Å². The van der Waals surface area contributed by atoms with Gasteiger partial charge in [0.2, 0.25) is 0 Å². The van der Waals surface area contributed by atoms with Gasteiger partial charge < -0.3 is 13.7 Å². The van der Waals surface area contributed by atoms with Crippen molar-refractivity contribution in [3.63, 3.8) is 0 Å². The van der Waals surface area contributed by atoms with Gasteiger partial charge in [0.15, 0.2) is 5.82 Å². The van der Waals surface area contributed by atoms with E-state index < -0.39 is 0 Å². The van der Waals surface area contributed by atoms with Crippen LogP contribution in [0.5, 0.6) is 0 Å². The van der Waals surface area contributed by atoms with Crippen LogP contribution in [0.1, 0.15) is 19.7 Å². The van der Waals surface area contributed by atoms with Crippen LogP contribution in [0.25, 0.3) is 11.5 Å². The Morgan fingerprint density at radius 2 is 2.37 bits per heavy atom. The summed E-state index contributed by atoms with van der Waals surface area (Å²) in [6.07, 6.45) is 2.98. The number of esters is 1. The molecule has 0 saturated carbocycles. The number of aromatic nitrogens is 2. The zero-order valence-electron chi connectivity index (χ0n) is 10.7. The highest BCUT2D eigenvalue weighted by molar-refractivity contribution is 7.99. The van der Waals surface area contributed by atoms with E-state index in [0.717, 1.165) is 5.56 Å². The highest BCUT2D eigenvalue weighted by Crippen LogP contribution is 2.19. The first-order valence-electron chi connectivity index (χ1n) is 5.77. The molecule has 0 amide bonds. The lowest BCUT2D eigenvalue weighted by Gasteiger charge is -2.06. The van der Waals surface area contributed by atoms with E-state index in [1.807, 2.05) is 13.8 Å². The van der Waals surface area contributed by atoms with Crippen LogP contribution in [0.4, 0.5) is 0 Å². The summed E-state index contributed by atoms with van der Waals surface area (Å²) >= 11 is 1.38. The van der Waals surface area contributed by atoms with Gasteiger partial charge in [-0.2, -0.15) is 4.98 Å². The molecule has 0 bridgehead atoms. The molecule has 2 heterocycles. The van der Waals surface area contributed by atoms with E-state index in [-0.39, 0.29) is 17.8 Å². The second-order valence-corrected chi connectivity index (χ2v) is 5.04. The van der Waals surface area contributed by atoms with Crippen LogP contribution in [0.15, 0.2) is 27.5 Å². The van der Waals surface area contributed by atoms with Gasteiger partial charge in [0.05, 0.1) is 29.4 Å². The SMILES string of the molecule is CC(C)OC(=O)CSCc1noc(-c2ccoc2)n1.